The van der Waals surface area contributed by atoms with Crippen LogP contribution in [0, 0.1) is 30.6 Å². The standard InChI is InChI=1S/C35H49NO8/c1-20(14-27-19-41-25(6)36-27)10-8-13-23(4)33(40-7)24(5)30-18-28(37)21(2)11-9-12-22(3)29-15-26(17-32(38)42-29)16-31-34(43-31)35(39)44-30/h8-11,13-14,19,21-22,24,26,28-31,33-34,37H,12,15-18H2,1-7H3/b10-8+,11-9+,20-14+,23-13+/t21-,22-,24+,26+,28+,29-,30?,31+,33+,34-/m1/s1. The van der Waals surface area contributed by atoms with Gasteiger partial charge in [0.1, 0.15) is 24.2 Å². The first-order chi connectivity index (χ1) is 20.9. The summed E-state index contributed by atoms with van der Waals surface area (Å²) in [7, 11) is 1.64. The zero-order valence-electron chi connectivity index (χ0n) is 27.1. The molecular weight excluding hydrogens is 562 g/mol. The Balaban J connectivity index is 1.49. The van der Waals surface area contributed by atoms with Crippen LogP contribution in [0.25, 0.3) is 6.08 Å². The molecule has 3 aliphatic heterocycles. The van der Waals surface area contributed by atoms with Crippen LogP contribution in [0.15, 0.2) is 52.2 Å². The Labute approximate surface area is 261 Å². The molecule has 4 heterocycles. The number of epoxide rings is 1. The van der Waals surface area contributed by atoms with E-state index in [1.165, 1.54) is 0 Å². The van der Waals surface area contributed by atoms with Crippen LogP contribution in [0.4, 0.5) is 0 Å². The van der Waals surface area contributed by atoms with Gasteiger partial charge < -0.3 is 28.5 Å². The van der Waals surface area contributed by atoms with E-state index in [4.69, 9.17) is 23.4 Å². The van der Waals surface area contributed by atoms with Gasteiger partial charge in [-0.2, -0.15) is 0 Å². The highest BCUT2D eigenvalue weighted by molar-refractivity contribution is 5.78. The Hall–Kier alpha value is -3.01. The highest BCUT2D eigenvalue weighted by atomic mass is 16.6. The van der Waals surface area contributed by atoms with Crippen molar-refractivity contribution < 1.29 is 38.1 Å². The van der Waals surface area contributed by atoms with Crippen molar-refractivity contribution in [1.29, 1.82) is 0 Å². The quantitative estimate of drug-likeness (QED) is 0.173. The minimum Gasteiger partial charge on any atom is -0.462 e. The van der Waals surface area contributed by atoms with E-state index in [2.05, 4.69) is 18.0 Å². The van der Waals surface area contributed by atoms with Gasteiger partial charge in [0.15, 0.2) is 12.0 Å². The molecule has 0 saturated carbocycles. The van der Waals surface area contributed by atoms with Crippen molar-refractivity contribution in [3.8, 4) is 0 Å². The minimum atomic E-state index is -0.739. The lowest BCUT2D eigenvalue weighted by molar-refractivity contribution is -0.160. The Morgan fingerprint density at radius 1 is 1.14 bits per heavy atom. The number of hydrogen-bond acceptors (Lipinski definition) is 9. The summed E-state index contributed by atoms with van der Waals surface area (Å²) in [6.45, 7) is 11.8. The molecule has 9 nitrogen and oxygen atoms in total. The number of esters is 2. The van der Waals surface area contributed by atoms with Crippen LogP contribution in [0.5, 0.6) is 0 Å². The maximum absolute atomic E-state index is 13.3. The average molecular weight is 612 g/mol. The monoisotopic (exact) mass is 611 g/mol. The molecule has 2 bridgehead atoms. The van der Waals surface area contributed by atoms with Crippen molar-refractivity contribution in [2.75, 3.05) is 7.11 Å². The summed E-state index contributed by atoms with van der Waals surface area (Å²) in [6.07, 6.45) is 13.5. The van der Waals surface area contributed by atoms with Gasteiger partial charge >= 0.3 is 11.9 Å². The van der Waals surface area contributed by atoms with Crippen LogP contribution in [0.3, 0.4) is 0 Å². The molecule has 3 aliphatic rings. The first-order valence-corrected chi connectivity index (χ1v) is 15.8. The molecule has 1 N–H and O–H groups in total. The summed E-state index contributed by atoms with van der Waals surface area (Å²) >= 11 is 0. The van der Waals surface area contributed by atoms with Crippen molar-refractivity contribution >= 4 is 18.0 Å². The number of carbonyl (C=O) groups is 2. The largest absolute Gasteiger partial charge is 0.462 e. The van der Waals surface area contributed by atoms with Crippen molar-refractivity contribution in [3.63, 3.8) is 0 Å². The SMILES string of the molecule is CO[C@@H](/C(C)=C/C=C/C(C)=C/c1coc(C)n1)[C@@H](C)C1C[C@H](O)[C@H](C)/C=C/C[C@@H](C)[C@H]2C[C@H](CC(=O)O2)C[C@@H]2O[C@H]2C(=O)O1. The number of fused-ring (bicyclic) bond motifs is 3. The molecule has 0 aliphatic carbocycles. The fourth-order valence-electron chi connectivity index (χ4n) is 6.31. The zero-order valence-corrected chi connectivity index (χ0v) is 27.1. The van der Waals surface area contributed by atoms with Gasteiger partial charge in [0.05, 0.1) is 18.3 Å². The number of oxazole rings is 1. The van der Waals surface area contributed by atoms with Gasteiger partial charge in [0.25, 0.3) is 0 Å². The summed E-state index contributed by atoms with van der Waals surface area (Å²) < 4.78 is 28.7. The van der Waals surface area contributed by atoms with Gasteiger partial charge in [0, 0.05) is 38.7 Å². The first kappa shape index (κ1) is 33.9. The summed E-state index contributed by atoms with van der Waals surface area (Å²) in [5.41, 5.74) is 2.73. The van der Waals surface area contributed by atoms with E-state index in [9.17, 15) is 14.7 Å². The van der Waals surface area contributed by atoms with Gasteiger partial charge in [-0.3, -0.25) is 4.79 Å². The van der Waals surface area contributed by atoms with E-state index in [1.807, 2.05) is 58.1 Å². The molecule has 2 saturated heterocycles. The van der Waals surface area contributed by atoms with Crippen molar-refractivity contribution in [2.45, 2.75) is 110 Å². The predicted molar refractivity (Wildman–Crippen MR) is 166 cm³/mol. The van der Waals surface area contributed by atoms with Crippen LogP contribution in [0.1, 0.15) is 78.3 Å². The second kappa shape index (κ2) is 15.3. The number of rotatable bonds is 7. The molecule has 4 rings (SSSR count). The van der Waals surface area contributed by atoms with Gasteiger partial charge in [-0.1, -0.05) is 51.2 Å². The normalized spacial score (nSPS) is 34.5. The van der Waals surface area contributed by atoms with E-state index < -0.39 is 24.3 Å². The van der Waals surface area contributed by atoms with Crippen LogP contribution in [-0.2, 0) is 28.5 Å². The molecule has 1 aromatic rings. The lowest BCUT2D eigenvalue weighted by Crippen LogP contribution is -2.39. The number of aryl methyl sites for hydroxylation is 1. The molecule has 2 fully saturated rings. The smallest absolute Gasteiger partial charge is 0.338 e. The lowest BCUT2D eigenvalue weighted by Gasteiger charge is -2.33. The third kappa shape index (κ3) is 9.25. The Kier molecular flexibility index (Phi) is 11.8. The van der Waals surface area contributed by atoms with Crippen molar-refractivity contribution in [2.24, 2.45) is 23.7 Å². The molecule has 1 unspecified atom stereocenters. The van der Waals surface area contributed by atoms with Crippen LogP contribution in [0.2, 0.25) is 0 Å². The number of aliphatic hydroxyl groups is 1. The maximum atomic E-state index is 13.3. The molecule has 44 heavy (non-hydrogen) atoms. The van der Waals surface area contributed by atoms with Gasteiger partial charge in [-0.05, 0) is 62.2 Å². The van der Waals surface area contributed by atoms with E-state index in [-0.39, 0.29) is 54.4 Å². The van der Waals surface area contributed by atoms with Crippen LogP contribution in [-0.4, -0.2) is 65.8 Å². The Bertz CT molecular complexity index is 1260. The highest BCUT2D eigenvalue weighted by Gasteiger charge is 2.49. The summed E-state index contributed by atoms with van der Waals surface area (Å²) in [5.74, 6) is -0.165. The topological polar surface area (TPSA) is 121 Å². The average Bonchev–Trinajstić information content (AvgIpc) is 3.62. The zero-order chi connectivity index (χ0) is 32.0. The van der Waals surface area contributed by atoms with E-state index in [1.54, 1.807) is 20.3 Å². The third-order valence-electron chi connectivity index (χ3n) is 9.11. The molecule has 242 valence electrons. The van der Waals surface area contributed by atoms with Gasteiger partial charge in [0.2, 0.25) is 0 Å². The Morgan fingerprint density at radius 2 is 1.89 bits per heavy atom. The molecule has 1 aromatic heterocycles. The fourth-order valence-corrected chi connectivity index (χ4v) is 6.31. The molecule has 0 radical (unpaired) electrons. The fraction of sp³-hybridized carbons (Fsp3) is 0.629. The number of allylic oxidation sites excluding steroid dienone is 5. The van der Waals surface area contributed by atoms with Crippen molar-refractivity contribution in [1.82, 2.24) is 4.98 Å². The predicted octanol–water partition coefficient (Wildman–Crippen LogP) is 5.91. The molecular formula is C35H49NO8. The van der Waals surface area contributed by atoms with Crippen LogP contribution >= 0.6 is 0 Å². The number of methoxy groups -OCH3 is 1. The molecule has 10 atom stereocenters. The van der Waals surface area contributed by atoms with Gasteiger partial charge in [-0.15, -0.1) is 0 Å². The minimum absolute atomic E-state index is 0.108. The highest BCUT2D eigenvalue weighted by Crippen LogP contribution is 2.38. The molecule has 0 aromatic carbocycles. The van der Waals surface area contributed by atoms with Crippen molar-refractivity contribution in [3.05, 3.63) is 59.4 Å². The second-order valence-electron chi connectivity index (χ2n) is 12.9. The molecule has 0 spiro atoms. The van der Waals surface area contributed by atoms with E-state index >= 15 is 0 Å². The second-order valence-corrected chi connectivity index (χ2v) is 12.9. The van der Waals surface area contributed by atoms with Gasteiger partial charge in [-0.25, -0.2) is 9.78 Å². The van der Waals surface area contributed by atoms with Crippen LogP contribution < -0.4 is 0 Å². The molecule has 9 heteroatoms. The summed E-state index contributed by atoms with van der Waals surface area (Å²) in [6, 6.07) is 0. The lowest BCUT2D eigenvalue weighted by atomic mass is 9.84. The number of carbonyl (C=O) groups excluding carboxylic acids is 2. The Morgan fingerprint density at radius 3 is 2.59 bits per heavy atom. The number of aromatic nitrogens is 1. The number of ether oxygens (including phenoxy) is 4. The van der Waals surface area contributed by atoms with E-state index in [0.29, 0.717) is 18.7 Å². The third-order valence-corrected chi connectivity index (χ3v) is 9.11. The summed E-state index contributed by atoms with van der Waals surface area (Å²) in [5, 5.41) is 11.2. The number of cyclic esters (lactones) is 1. The first-order valence-electron chi connectivity index (χ1n) is 15.8. The molecule has 0 amide bonds. The van der Waals surface area contributed by atoms with E-state index in [0.717, 1.165) is 29.7 Å². The number of hydrogen-bond donors (Lipinski definition) is 1. The summed E-state index contributed by atoms with van der Waals surface area (Å²) in [4.78, 5) is 30.0. The maximum Gasteiger partial charge on any atom is 0.338 e. The number of nitrogens with zero attached hydrogens (tertiary/aromatic N) is 1. The number of aliphatic hydroxyl groups excluding tert-OH is 1.